The van der Waals surface area contributed by atoms with Crippen molar-refractivity contribution in [2.75, 3.05) is 11.9 Å². The molecule has 3 aromatic heterocycles. The number of nitrogens with one attached hydrogen (secondary N) is 2. The molecule has 1 aliphatic rings. The molecule has 0 saturated heterocycles. The first-order valence-corrected chi connectivity index (χ1v) is 9.45. The molecule has 0 fully saturated rings. The highest BCUT2D eigenvalue weighted by Crippen LogP contribution is 2.25. The van der Waals surface area contributed by atoms with Gasteiger partial charge in [-0.15, -0.1) is 0 Å². The van der Waals surface area contributed by atoms with E-state index in [0.29, 0.717) is 12.4 Å². The van der Waals surface area contributed by atoms with Crippen LogP contribution in [0.15, 0.2) is 61.1 Å². The van der Waals surface area contributed by atoms with E-state index in [1.54, 1.807) is 12.4 Å². The van der Waals surface area contributed by atoms with Gasteiger partial charge < -0.3 is 10.6 Å². The van der Waals surface area contributed by atoms with E-state index < -0.39 is 0 Å². The van der Waals surface area contributed by atoms with Crippen LogP contribution in [0.4, 0.5) is 5.82 Å². The Hall–Kier alpha value is -3.38. The fourth-order valence-corrected chi connectivity index (χ4v) is 3.53. The predicted molar refractivity (Wildman–Crippen MR) is 110 cm³/mol. The summed E-state index contributed by atoms with van der Waals surface area (Å²) in [6, 6.07) is 14.2. The lowest BCUT2D eigenvalue weighted by Gasteiger charge is -2.20. The normalized spacial score (nSPS) is 13.3. The molecule has 0 saturated carbocycles. The molecule has 28 heavy (non-hydrogen) atoms. The van der Waals surface area contributed by atoms with Crippen molar-refractivity contribution in [2.45, 2.75) is 19.5 Å². The van der Waals surface area contributed by atoms with Gasteiger partial charge in [0.25, 0.3) is 0 Å². The molecule has 1 aromatic carbocycles. The topological polar surface area (TPSA) is 75.6 Å². The molecular weight excluding hydrogens is 348 g/mol. The monoisotopic (exact) mass is 368 g/mol. The molecule has 0 spiro atoms. The summed E-state index contributed by atoms with van der Waals surface area (Å²) in [4.78, 5) is 18.4. The van der Waals surface area contributed by atoms with Crippen LogP contribution in [0.5, 0.6) is 0 Å². The van der Waals surface area contributed by atoms with Gasteiger partial charge in [-0.3, -0.25) is 9.97 Å². The Bertz CT molecular complexity index is 1130. The molecule has 0 aliphatic carbocycles. The molecular formula is C22H20N6. The van der Waals surface area contributed by atoms with E-state index in [2.05, 4.69) is 32.7 Å². The number of nitrogens with zero attached hydrogens (tertiary/aromatic N) is 4. The molecule has 1 aliphatic heterocycles. The predicted octanol–water partition coefficient (Wildman–Crippen LogP) is 3.34. The van der Waals surface area contributed by atoms with Crippen LogP contribution < -0.4 is 10.6 Å². The van der Waals surface area contributed by atoms with Gasteiger partial charge >= 0.3 is 0 Å². The number of anilines is 1. The quantitative estimate of drug-likeness (QED) is 0.575. The fraction of sp³-hybridized carbons (Fsp3) is 0.182. The first-order valence-electron chi connectivity index (χ1n) is 9.45. The highest BCUT2D eigenvalue weighted by molar-refractivity contribution is 5.78. The third-order valence-corrected chi connectivity index (χ3v) is 4.96. The van der Waals surface area contributed by atoms with Crippen LogP contribution in [-0.4, -0.2) is 26.5 Å². The van der Waals surface area contributed by atoms with Crippen molar-refractivity contribution < 1.29 is 0 Å². The molecule has 0 amide bonds. The summed E-state index contributed by atoms with van der Waals surface area (Å²) in [5, 5.41) is 8.07. The van der Waals surface area contributed by atoms with E-state index in [1.807, 2.05) is 36.5 Å². The van der Waals surface area contributed by atoms with Crippen molar-refractivity contribution in [2.24, 2.45) is 0 Å². The van der Waals surface area contributed by atoms with Gasteiger partial charge in [-0.25, -0.2) is 9.97 Å². The highest BCUT2D eigenvalue weighted by atomic mass is 15.1. The first-order chi connectivity index (χ1) is 13.9. The van der Waals surface area contributed by atoms with Crippen molar-refractivity contribution in [3.63, 3.8) is 0 Å². The average Bonchev–Trinajstić information content (AvgIpc) is 2.77. The number of aromatic nitrogens is 4. The van der Waals surface area contributed by atoms with Crippen molar-refractivity contribution >= 4 is 16.7 Å². The number of hydrogen-bond donors (Lipinski definition) is 2. The van der Waals surface area contributed by atoms with Gasteiger partial charge in [-0.2, -0.15) is 0 Å². The molecule has 4 aromatic rings. The number of rotatable bonds is 4. The Labute approximate surface area is 163 Å². The van der Waals surface area contributed by atoms with Crippen LogP contribution in [-0.2, 0) is 19.5 Å². The van der Waals surface area contributed by atoms with Crippen molar-refractivity contribution in [3.05, 3.63) is 77.9 Å². The number of benzene rings is 1. The van der Waals surface area contributed by atoms with E-state index in [1.165, 1.54) is 5.56 Å². The van der Waals surface area contributed by atoms with Crippen LogP contribution in [0.25, 0.3) is 22.3 Å². The zero-order valence-electron chi connectivity index (χ0n) is 15.4. The largest absolute Gasteiger partial charge is 0.366 e. The SMILES string of the molecule is c1cncc(-c2nc3c(c(NCc4cnc5ccccc5c4)n2)CCNC3)c1. The van der Waals surface area contributed by atoms with E-state index in [9.17, 15) is 0 Å². The Morgan fingerprint density at radius 1 is 1.04 bits per heavy atom. The van der Waals surface area contributed by atoms with Gasteiger partial charge in [-0.05, 0) is 42.8 Å². The van der Waals surface area contributed by atoms with Crippen molar-refractivity contribution in [3.8, 4) is 11.4 Å². The van der Waals surface area contributed by atoms with Gasteiger partial charge in [0, 0.05) is 48.2 Å². The molecule has 4 heterocycles. The van der Waals surface area contributed by atoms with Crippen LogP contribution in [0.1, 0.15) is 16.8 Å². The maximum atomic E-state index is 4.82. The van der Waals surface area contributed by atoms with E-state index >= 15 is 0 Å². The summed E-state index contributed by atoms with van der Waals surface area (Å²) in [5.74, 6) is 1.60. The lowest BCUT2D eigenvalue weighted by Crippen LogP contribution is -2.26. The minimum atomic E-state index is 0.668. The Balaban J connectivity index is 1.47. The first kappa shape index (κ1) is 16.8. The lowest BCUT2D eigenvalue weighted by atomic mass is 10.1. The lowest BCUT2D eigenvalue weighted by molar-refractivity contribution is 0.625. The number of pyridine rings is 2. The molecule has 0 bridgehead atoms. The molecule has 6 heteroatoms. The highest BCUT2D eigenvalue weighted by Gasteiger charge is 2.18. The van der Waals surface area contributed by atoms with Gasteiger partial charge in [0.1, 0.15) is 5.82 Å². The Kier molecular flexibility index (Phi) is 4.39. The molecule has 2 N–H and O–H groups in total. The molecule has 0 unspecified atom stereocenters. The summed E-state index contributed by atoms with van der Waals surface area (Å²) in [6.45, 7) is 2.37. The maximum Gasteiger partial charge on any atom is 0.163 e. The molecule has 6 nitrogen and oxygen atoms in total. The molecule has 0 atom stereocenters. The van der Waals surface area contributed by atoms with Gasteiger partial charge in [-0.1, -0.05) is 18.2 Å². The Morgan fingerprint density at radius 3 is 2.93 bits per heavy atom. The van der Waals surface area contributed by atoms with E-state index in [0.717, 1.165) is 53.1 Å². The zero-order valence-corrected chi connectivity index (χ0v) is 15.4. The van der Waals surface area contributed by atoms with Gasteiger partial charge in [0.2, 0.25) is 0 Å². The second-order valence-electron chi connectivity index (χ2n) is 6.88. The zero-order chi connectivity index (χ0) is 18.8. The summed E-state index contributed by atoms with van der Waals surface area (Å²) in [5.41, 5.74) is 5.31. The molecule has 5 rings (SSSR count). The second-order valence-corrected chi connectivity index (χ2v) is 6.88. The summed E-state index contributed by atoms with van der Waals surface area (Å²) >= 11 is 0. The second kappa shape index (κ2) is 7.32. The van der Waals surface area contributed by atoms with Gasteiger partial charge in [0.15, 0.2) is 5.82 Å². The van der Waals surface area contributed by atoms with Crippen LogP contribution in [0, 0.1) is 0 Å². The smallest absolute Gasteiger partial charge is 0.163 e. The van der Waals surface area contributed by atoms with Crippen molar-refractivity contribution in [1.29, 1.82) is 0 Å². The molecule has 0 radical (unpaired) electrons. The summed E-state index contributed by atoms with van der Waals surface area (Å²) < 4.78 is 0. The maximum absolute atomic E-state index is 4.82. The van der Waals surface area contributed by atoms with E-state index in [4.69, 9.17) is 9.97 Å². The summed E-state index contributed by atoms with van der Waals surface area (Å²) in [6.07, 6.45) is 6.40. The average molecular weight is 368 g/mol. The van der Waals surface area contributed by atoms with Crippen LogP contribution >= 0.6 is 0 Å². The Morgan fingerprint density at radius 2 is 2.00 bits per heavy atom. The number of para-hydroxylation sites is 1. The molecule has 138 valence electrons. The van der Waals surface area contributed by atoms with Crippen LogP contribution in [0.3, 0.4) is 0 Å². The third kappa shape index (κ3) is 3.30. The fourth-order valence-electron chi connectivity index (χ4n) is 3.53. The standard InChI is InChI=1S/C22H20N6/c1-2-6-19-16(4-1)10-15(11-25-19)12-26-22-18-7-9-24-14-20(18)27-21(28-22)17-5-3-8-23-13-17/h1-6,8,10-11,13,24H,7,9,12,14H2,(H,26,27,28). The van der Waals surface area contributed by atoms with Gasteiger partial charge in [0.05, 0.1) is 11.2 Å². The van der Waals surface area contributed by atoms with E-state index in [-0.39, 0.29) is 0 Å². The number of hydrogen-bond acceptors (Lipinski definition) is 6. The summed E-state index contributed by atoms with van der Waals surface area (Å²) in [7, 11) is 0. The van der Waals surface area contributed by atoms with Crippen molar-refractivity contribution in [1.82, 2.24) is 25.3 Å². The van der Waals surface area contributed by atoms with Crippen LogP contribution in [0.2, 0.25) is 0 Å². The third-order valence-electron chi connectivity index (χ3n) is 4.96. The minimum absolute atomic E-state index is 0.668. The number of fused-ring (bicyclic) bond motifs is 2. The minimum Gasteiger partial charge on any atom is -0.366 e.